The molecule has 1 N–H and O–H groups in total. The number of allylic oxidation sites excluding steroid dienone is 1. The van der Waals surface area contributed by atoms with E-state index in [1.165, 1.54) is 11.1 Å². The van der Waals surface area contributed by atoms with Gasteiger partial charge in [0.25, 0.3) is 5.91 Å². The molecule has 1 saturated carbocycles. The van der Waals surface area contributed by atoms with Gasteiger partial charge in [0.2, 0.25) is 10.0 Å². The Hall–Kier alpha value is -3.47. The van der Waals surface area contributed by atoms with Gasteiger partial charge in [-0.15, -0.1) is 0 Å². The van der Waals surface area contributed by atoms with Crippen LogP contribution in [0.25, 0.3) is 0 Å². The standard InChI is InChI=1S/C37H43ClN4O5S/c1-24-6-4-15-37(46-3,34-20-39-16-17-40-34)31-11-8-28(31)21-42-22-36(14-5-7-26-18-29(38)10-12-30(26)36)23-47-33-13-9-27(19-32(33)42)35(43)41-48(44,45)25(24)2/h4,9-10,12-13,15-20,24-25,28,31H,5-8,11,14,21-23H2,1-3H3,(H,41,43)/b15-4+/t24-,25+,28-,31+,36-,37+/m0/s1. The van der Waals surface area contributed by atoms with E-state index in [2.05, 4.69) is 32.8 Å². The molecule has 48 heavy (non-hydrogen) atoms. The maximum absolute atomic E-state index is 13.5. The second-order valence-electron chi connectivity index (χ2n) is 14.1. The maximum Gasteiger partial charge on any atom is 0.264 e. The molecule has 6 atom stereocenters. The van der Waals surface area contributed by atoms with Crippen molar-refractivity contribution in [2.45, 2.75) is 68.6 Å². The highest BCUT2D eigenvalue weighted by Gasteiger charge is 2.50. The minimum Gasteiger partial charge on any atom is -0.490 e. The van der Waals surface area contributed by atoms with Gasteiger partial charge >= 0.3 is 0 Å². The Balaban J connectivity index is 1.36. The van der Waals surface area contributed by atoms with Crippen LogP contribution in [0, 0.1) is 17.8 Å². The molecule has 0 radical (unpaired) electrons. The first kappa shape index (κ1) is 33.0. The van der Waals surface area contributed by atoms with Crippen molar-refractivity contribution in [3.63, 3.8) is 0 Å². The smallest absolute Gasteiger partial charge is 0.264 e. The van der Waals surface area contributed by atoms with E-state index >= 15 is 0 Å². The van der Waals surface area contributed by atoms with E-state index in [1.807, 2.05) is 25.1 Å². The zero-order chi connectivity index (χ0) is 33.7. The fraction of sp³-hybridized carbons (Fsp3) is 0.486. The van der Waals surface area contributed by atoms with E-state index in [-0.39, 0.29) is 28.7 Å². The van der Waals surface area contributed by atoms with Gasteiger partial charge < -0.3 is 14.4 Å². The molecular weight excluding hydrogens is 648 g/mol. The number of aromatic nitrogens is 2. The molecule has 9 nitrogen and oxygen atoms in total. The number of halogens is 1. The summed E-state index contributed by atoms with van der Waals surface area (Å²) in [6.45, 7) is 5.39. The number of rotatable bonds is 2. The Morgan fingerprint density at radius 2 is 1.98 bits per heavy atom. The number of methoxy groups -OCH3 is 1. The van der Waals surface area contributed by atoms with Gasteiger partial charge in [-0.25, -0.2) is 13.1 Å². The molecule has 2 aliphatic heterocycles. The lowest BCUT2D eigenvalue weighted by Crippen LogP contribution is -2.52. The molecule has 7 rings (SSSR count). The third-order valence-corrected chi connectivity index (χ3v) is 13.6. The molecule has 3 heterocycles. The number of aryl methyl sites for hydroxylation is 1. The Labute approximate surface area is 288 Å². The summed E-state index contributed by atoms with van der Waals surface area (Å²) in [6, 6.07) is 11.5. The lowest BCUT2D eigenvalue weighted by atomic mass is 9.63. The summed E-state index contributed by atoms with van der Waals surface area (Å²) in [6.07, 6.45) is 14.5. The predicted octanol–water partition coefficient (Wildman–Crippen LogP) is 6.22. The molecule has 4 aliphatic rings. The molecule has 1 spiro atoms. The molecule has 3 aromatic rings. The molecule has 0 unspecified atom stereocenters. The third kappa shape index (κ3) is 5.79. The van der Waals surface area contributed by atoms with Crippen molar-refractivity contribution in [1.82, 2.24) is 14.7 Å². The fourth-order valence-electron chi connectivity index (χ4n) is 8.35. The Kier molecular flexibility index (Phi) is 8.79. The predicted molar refractivity (Wildman–Crippen MR) is 186 cm³/mol. The number of benzene rings is 2. The highest BCUT2D eigenvalue weighted by atomic mass is 35.5. The van der Waals surface area contributed by atoms with Crippen molar-refractivity contribution in [2.75, 3.05) is 31.7 Å². The Morgan fingerprint density at radius 1 is 1.12 bits per heavy atom. The molecular formula is C37H43ClN4O5S. The van der Waals surface area contributed by atoms with Gasteiger partial charge in [-0.1, -0.05) is 36.7 Å². The van der Waals surface area contributed by atoms with E-state index in [0.29, 0.717) is 31.9 Å². The van der Waals surface area contributed by atoms with Crippen LogP contribution >= 0.6 is 11.6 Å². The zero-order valence-corrected chi connectivity index (χ0v) is 29.3. The van der Waals surface area contributed by atoms with Gasteiger partial charge in [0, 0.05) is 54.5 Å². The van der Waals surface area contributed by atoms with Gasteiger partial charge in [0.05, 0.1) is 29.4 Å². The quantitative estimate of drug-likeness (QED) is 0.316. The van der Waals surface area contributed by atoms with E-state index < -0.39 is 26.8 Å². The van der Waals surface area contributed by atoms with Crippen molar-refractivity contribution < 1.29 is 22.7 Å². The molecule has 1 amide bonds. The number of nitrogens with one attached hydrogen (secondary N) is 1. The normalized spacial score (nSPS) is 32.1. The number of sulfonamides is 1. The minimum absolute atomic E-state index is 0.0901. The lowest BCUT2D eigenvalue weighted by Gasteiger charge is -2.50. The molecule has 11 heteroatoms. The van der Waals surface area contributed by atoms with Crippen LogP contribution in [0.1, 0.15) is 73.1 Å². The molecule has 0 saturated heterocycles. The number of fused-ring (bicyclic) bond motifs is 4. The number of ether oxygens (including phenoxy) is 2. The van der Waals surface area contributed by atoms with Crippen molar-refractivity contribution in [2.24, 2.45) is 17.8 Å². The summed E-state index contributed by atoms with van der Waals surface area (Å²) in [5.74, 6) is 0.0903. The van der Waals surface area contributed by atoms with Gasteiger partial charge in [-0.3, -0.25) is 14.8 Å². The number of carbonyl (C=O) groups excluding carboxylic acids is 1. The van der Waals surface area contributed by atoms with E-state index in [4.69, 9.17) is 26.1 Å². The van der Waals surface area contributed by atoms with Crippen LogP contribution in [0.15, 0.2) is 67.1 Å². The number of hydrogen-bond donors (Lipinski definition) is 1. The summed E-state index contributed by atoms with van der Waals surface area (Å²) < 4.78 is 42.4. The van der Waals surface area contributed by atoms with Crippen molar-refractivity contribution >= 4 is 33.2 Å². The fourth-order valence-corrected chi connectivity index (χ4v) is 9.83. The van der Waals surface area contributed by atoms with Crippen LogP contribution in [0.2, 0.25) is 5.02 Å². The largest absolute Gasteiger partial charge is 0.490 e. The van der Waals surface area contributed by atoms with E-state index in [9.17, 15) is 13.2 Å². The third-order valence-electron chi connectivity index (χ3n) is 11.4. The summed E-state index contributed by atoms with van der Waals surface area (Å²) in [5.41, 5.74) is 3.16. The SMILES string of the molecule is CO[C@]1(c2cnccn2)/C=C/C[C@H](C)[C@@H](C)S(=O)(=O)NC(=O)c2ccc3c(c2)N(C[C@@H]2CC[C@H]21)C[C@@]1(CCCc2cc(Cl)ccc21)CO3. The highest BCUT2D eigenvalue weighted by molar-refractivity contribution is 7.90. The number of nitrogens with zero attached hydrogens (tertiary/aromatic N) is 3. The summed E-state index contributed by atoms with van der Waals surface area (Å²) in [4.78, 5) is 25.0. The number of anilines is 1. The van der Waals surface area contributed by atoms with Gasteiger partial charge in [-0.2, -0.15) is 0 Å². The van der Waals surface area contributed by atoms with Gasteiger partial charge in [0.15, 0.2) is 0 Å². The average molecular weight is 691 g/mol. The van der Waals surface area contributed by atoms with Crippen LogP contribution in [0.4, 0.5) is 5.69 Å². The molecule has 2 aliphatic carbocycles. The van der Waals surface area contributed by atoms with Gasteiger partial charge in [0.1, 0.15) is 11.4 Å². The Morgan fingerprint density at radius 3 is 2.73 bits per heavy atom. The van der Waals surface area contributed by atoms with Crippen molar-refractivity contribution in [3.8, 4) is 5.75 Å². The monoisotopic (exact) mass is 690 g/mol. The first-order valence-electron chi connectivity index (χ1n) is 16.9. The van der Waals surface area contributed by atoms with Crippen LogP contribution < -0.4 is 14.4 Å². The molecule has 254 valence electrons. The number of hydrogen-bond acceptors (Lipinski definition) is 8. The number of amides is 1. The topological polar surface area (TPSA) is 111 Å². The van der Waals surface area contributed by atoms with Gasteiger partial charge in [-0.05, 0) is 98.7 Å². The minimum atomic E-state index is -3.97. The molecule has 2 bridgehead atoms. The highest BCUT2D eigenvalue weighted by Crippen LogP contribution is 2.51. The second kappa shape index (κ2) is 12.8. The van der Waals surface area contributed by atoms with Crippen LogP contribution in [0.3, 0.4) is 0 Å². The van der Waals surface area contributed by atoms with E-state index in [0.717, 1.165) is 48.5 Å². The summed E-state index contributed by atoms with van der Waals surface area (Å²) in [7, 11) is -2.25. The van der Waals surface area contributed by atoms with Crippen LogP contribution in [-0.2, 0) is 32.2 Å². The van der Waals surface area contributed by atoms with Crippen LogP contribution in [0.5, 0.6) is 5.75 Å². The summed E-state index contributed by atoms with van der Waals surface area (Å²) in [5, 5.41) is -0.0856. The summed E-state index contributed by atoms with van der Waals surface area (Å²) >= 11 is 6.46. The van der Waals surface area contributed by atoms with Crippen molar-refractivity contribution in [3.05, 3.63) is 94.5 Å². The first-order chi connectivity index (χ1) is 23.0. The lowest BCUT2D eigenvalue weighted by molar-refractivity contribution is -0.0833. The molecule has 2 aromatic carbocycles. The Bertz CT molecular complexity index is 1840. The van der Waals surface area contributed by atoms with Crippen molar-refractivity contribution in [1.29, 1.82) is 0 Å². The zero-order valence-electron chi connectivity index (χ0n) is 27.7. The first-order valence-corrected chi connectivity index (χ1v) is 18.8. The molecule has 1 fully saturated rings. The average Bonchev–Trinajstić information content (AvgIpc) is 3.22. The maximum atomic E-state index is 13.5. The van der Waals surface area contributed by atoms with E-state index in [1.54, 1.807) is 44.8 Å². The molecule has 1 aromatic heterocycles. The number of carbonyl (C=O) groups is 1. The second-order valence-corrected chi connectivity index (χ2v) is 16.6. The van der Waals surface area contributed by atoms with Crippen LogP contribution in [-0.4, -0.2) is 56.3 Å².